The Kier molecular flexibility index (Phi) is 6.45. The summed E-state index contributed by atoms with van der Waals surface area (Å²) in [6, 6.07) is 0. The molecule has 0 saturated heterocycles. The smallest absolute Gasteiger partial charge is 0.333 e. The van der Waals surface area contributed by atoms with E-state index in [1.165, 1.54) is 37.3 Å². The van der Waals surface area contributed by atoms with E-state index in [9.17, 15) is 15.0 Å². The van der Waals surface area contributed by atoms with Crippen molar-refractivity contribution >= 4 is 5.97 Å². The summed E-state index contributed by atoms with van der Waals surface area (Å²) in [5, 5.41) is 20.9. The summed E-state index contributed by atoms with van der Waals surface area (Å²) in [6.07, 6.45) is 10.1. The zero-order valence-electron chi connectivity index (χ0n) is 18.5. The van der Waals surface area contributed by atoms with Gasteiger partial charge in [-0.3, -0.25) is 0 Å². The molecule has 3 aliphatic rings. The van der Waals surface area contributed by atoms with Gasteiger partial charge in [0.25, 0.3) is 0 Å². The van der Waals surface area contributed by atoms with E-state index in [1.807, 2.05) is 0 Å². The van der Waals surface area contributed by atoms with E-state index in [-0.39, 0.29) is 10.8 Å². The van der Waals surface area contributed by atoms with Gasteiger partial charge in [-0.05, 0) is 74.5 Å². The fraction of sp³-hybridized carbons (Fsp3) is 0.720. The van der Waals surface area contributed by atoms with E-state index in [0.29, 0.717) is 23.8 Å². The minimum absolute atomic E-state index is 0.0776. The molecule has 2 N–H and O–H groups in total. The zero-order valence-corrected chi connectivity index (χ0v) is 18.5. The van der Waals surface area contributed by atoms with Crippen LogP contribution in [-0.2, 0) is 9.53 Å². The van der Waals surface area contributed by atoms with Crippen LogP contribution in [0.3, 0.4) is 0 Å². The molecule has 1 saturated carbocycles. The highest BCUT2D eigenvalue weighted by atomic mass is 16.6. The second-order valence-corrected chi connectivity index (χ2v) is 10.3. The average Bonchev–Trinajstić information content (AvgIpc) is 2.97. The maximum absolute atomic E-state index is 11.5. The van der Waals surface area contributed by atoms with E-state index < -0.39 is 18.4 Å². The first-order chi connectivity index (χ1) is 13.6. The molecule has 1 fully saturated rings. The van der Waals surface area contributed by atoms with E-state index >= 15 is 0 Å². The fourth-order valence-electron chi connectivity index (χ4n) is 6.01. The summed E-state index contributed by atoms with van der Waals surface area (Å²) in [7, 11) is 0. The molecular formula is C25H38O4. The number of aliphatic hydroxyl groups excluding tert-OH is 2. The first-order valence-corrected chi connectivity index (χ1v) is 11.2. The molecule has 6 atom stereocenters. The number of ether oxygens (including phenoxy) is 1. The summed E-state index contributed by atoms with van der Waals surface area (Å²) in [4.78, 5) is 11.5. The van der Waals surface area contributed by atoms with E-state index in [4.69, 9.17) is 4.74 Å². The Bertz CT molecular complexity index is 720. The van der Waals surface area contributed by atoms with Crippen molar-refractivity contribution in [3.8, 4) is 0 Å². The van der Waals surface area contributed by atoms with Gasteiger partial charge in [0.1, 0.15) is 0 Å². The zero-order chi connectivity index (χ0) is 21.4. The van der Waals surface area contributed by atoms with Crippen LogP contribution in [0, 0.1) is 22.7 Å². The molecular weight excluding hydrogens is 364 g/mol. The molecule has 29 heavy (non-hydrogen) atoms. The molecule has 0 amide bonds. The van der Waals surface area contributed by atoms with Gasteiger partial charge in [-0.15, -0.1) is 6.58 Å². The van der Waals surface area contributed by atoms with Crippen molar-refractivity contribution in [2.45, 2.75) is 91.5 Å². The van der Waals surface area contributed by atoms with Crippen molar-refractivity contribution in [3.05, 3.63) is 35.5 Å². The summed E-state index contributed by atoms with van der Waals surface area (Å²) in [5.74, 6) is 0.288. The van der Waals surface area contributed by atoms with Crippen molar-refractivity contribution < 1.29 is 19.7 Å². The second-order valence-electron chi connectivity index (χ2n) is 10.3. The highest BCUT2D eigenvalue weighted by Crippen LogP contribution is 2.59. The predicted molar refractivity (Wildman–Crippen MR) is 115 cm³/mol. The minimum atomic E-state index is -1.31. The summed E-state index contributed by atoms with van der Waals surface area (Å²) < 4.78 is 4.79. The molecule has 4 heteroatoms. The maximum atomic E-state index is 11.5. The van der Waals surface area contributed by atoms with Gasteiger partial charge in [-0.1, -0.05) is 44.4 Å². The van der Waals surface area contributed by atoms with Crippen LogP contribution in [0.15, 0.2) is 35.5 Å². The van der Waals surface area contributed by atoms with Crippen LogP contribution in [0.4, 0.5) is 0 Å². The number of allylic oxidation sites excluding steroid dienone is 3. The lowest BCUT2D eigenvalue weighted by Crippen LogP contribution is -2.46. The van der Waals surface area contributed by atoms with Crippen molar-refractivity contribution in [1.82, 2.24) is 0 Å². The Labute approximate surface area is 175 Å². The van der Waals surface area contributed by atoms with Crippen molar-refractivity contribution in [2.75, 3.05) is 0 Å². The summed E-state index contributed by atoms with van der Waals surface area (Å²) >= 11 is 0. The second kappa shape index (κ2) is 8.39. The van der Waals surface area contributed by atoms with Crippen molar-refractivity contribution in [2.24, 2.45) is 22.7 Å². The molecule has 2 aliphatic carbocycles. The summed E-state index contributed by atoms with van der Waals surface area (Å²) in [6.45, 7) is 13.1. The molecule has 4 nitrogen and oxygen atoms in total. The number of aliphatic hydroxyl groups is 2. The average molecular weight is 403 g/mol. The monoisotopic (exact) mass is 402 g/mol. The molecule has 1 heterocycles. The SMILES string of the molecule is C=C(C)CCC[C@]1(C)CCC[C@@H]2C1=CC[C@@H](C)[C@]2(C)CC(O)C1=CC(=O)OC1O. The Morgan fingerprint density at radius 1 is 1.41 bits per heavy atom. The molecule has 3 rings (SSSR count). The Balaban J connectivity index is 1.81. The third kappa shape index (κ3) is 4.39. The van der Waals surface area contributed by atoms with Crippen LogP contribution in [-0.4, -0.2) is 28.6 Å². The van der Waals surface area contributed by atoms with Gasteiger partial charge in [-0.25, -0.2) is 4.79 Å². The number of carbonyl (C=O) groups excluding carboxylic acids is 1. The van der Waals surface area contributed by atoms with Gasteiger partial charge in [0.05, 0.1) is 6.10 Å². The van der Waals surface area contributed by atoms with E-state index in [1.54, 1.807) is 5.57 Å². The van der Waals surface area contributed by atoms with Gasteiger partial charge in [-0.2, -0.15) is 0 Å². The third-order valence-electron chi connectivity index (χ3n) is 8.05. The molecule has 0 radical (unpaired) electrons. The molecule has 0 spiro atoms. The largest absolute Gasteiger partial charge is 0.429 e. The molecule has 0 aromatic carbocycles. The number of cyclic esters (lactones) is 1. The third-order valence-corrected chi connectivity index (χ3v) is 8.05. The van der Waals surface area contributed by atoms with Crippen LogP contribution in [0.25, 0.3) is 0 Å². The van der Waals surface area contributed by atoms with Gasteiger partial charge < -0.3 is 14.9 Å². The van der Waals surface area contributed by atoms with Gasteiger partial charge in [0, 0.05) is 11.6 Å². The lowest BCUT2D eigenvalue weighted by Gasteiger charge is -2.54. The Morgan fingerprint density at radius 2 is 2.14 bits per heavy atom. The Hall–Kier alpha value is -1.39. The standard InChI is InChI=1S/C25H38O4/c1-16(2)8-6-12-24(4)13-7-9-20-19(24)11-10-17(3)25(20,5)15-21(26)18-14-22(27)29-23(18)28/h11,14,17,20-21,23,26,28H,1,6-10,12-13,15H2,2-5H3/t17-,20-,21?,23?,24-,25+/m1/s1. The van der Waals surface area contributed by atoms with Crippen molar-refractivity contribution in [1.29, 1.82) is 0 Å². The summed E-state index contributed by atoms with van der Waals surface area (Å²) in [5.41, 5.74) is 3.27. The van der Waals surface area contributed by atoms with Crippen LogP contribution in [0.1, 0.15) is 79.1 Å². The lowest BCUT2D eigenvalue weighted by molar-refractivity contribution is -0.152. The fourth-order valence-corrected chi connectivity index (χ4v) is 6.01. The van der Waals surface area contributed by atoms with Crippen LogP contribution in [0.2, 0.25) is 0 Å². The highest BCUT2D eigenvalue weighted by Gasteiger charge is 2.50. The first kappa shape index (κ1) is 22.3. The van der Waals surface area contributed by atoms with E-state index in [2.05, 4.69) is 40.3 Å². The molecule has 162 valence electrons. The van der Waals surface area contributed by atoms with Crippen molar-refractivity contribution in [3.63, 3.8) is 0 Å². The van der Waals surface area contributed by atoms with E-state index in [0.717, 1.165) is 19.3 Å². The lowest BCUT2D eigenvalue weighted by atomic mass is 9.50. The first-order valence-electron chi connectivity index (χ1n) is 11.2. The molecule has 0 aromatic rings. The maximum Gasteiger partial charge on any atom is 0.333 e. The number of esters is 1. The van der Waals surface area contributed by atoms with Crippen LogP contribution < -0.4 is 0 Å². The molecule has 0 aromatic heterocycles. The normalized spacial score (nSPS) is 38.0. The topological polar surface area (TPSA) is 66.8 Å². The Morgan fingerprint density at radius 3 is 2.76 bits per heavy atom. The number of fused-ring (bicyclic) bond motifs is 1. The van der Waals surface area contributed by atoms with Crippen LogP contribution in [0.5, 0.6) is 0 Å². The molecule has 1 aliphatic heterocycles. The van der Waals surface area contributed by atoms with Gasteiger partial charge in [0.15, 0.2) is 0 Å². The molecule has 2 unspecified atom stereocenters. The van der Waals surface area contributed by atoms with Crippen LogP contribution >= 0.6 is 0 Å². The number of carbonyl (C=O) groups is 1. The minimum Gasteiger partial charge on any atom is -0.429 e. The number of rotatable bonds is 7. The quantitative estimate of drug-likeness (QED) is 0.461. The highest BCUT2D eigenvalue weighted by molar-refractivity contribution is 5.85. The number of hydrogen-bond donors (Lipinski definition) is 2. The van der Waals surface area contributed by atoms with Gasteiger partial charge in [0.2, 0.25) is 6.29 Å². The van der Waals surface area contributed by atoms with Gasteiger partial charge >= 0.3 is 5.97 Å². The predicted octanol–water partition coefficient (Wildman–Crippen LogP) is 5.06. The number of hydrogen-bond acceptors (Lipinski definition) is 4. The molecule has 0 bridgehead atoms.